The first kappa shape index (κ1) is 21.0. The van der Waals surface area contributed by atoms with E-state index in [4.69, 9.17) is 28.3 Å². The third kappa shape index (κ3) is 4.40. The zero-order valence-corrected chi connectivity index (χ0v) is 18.7. The Morgan fingerprint density at radius 3 is 2.53 bits per heavy atom. The van der Waals surface area contributed by atoms with Gasteiger partial charge in [-0.1, -0.05) is 53.5 Å². The fraction of sp³-hybridized carbons (Fsp3) is 0.333. The maximum absolute atomic E-state index is 13.3. The molecule has 0 fully saturated rings. The number of amides is 1. The third-order valence-electron chi connectivity index (χ3n) is 5.48. The maximum atomic E-state index is 13.3. The molecule has 4 nitrogen and oxygen atoms in total. The molecule has 1 aliphatic rings. The SMILES string of the molecule is CC(C)(Cc1ccccc1)NC(=O)c1nn(-c2ccc(Cl)c(Cl)c2)c2c1CCCC2. The predicted molar refractivity (Wildman–Crippen MR) is 122 cm³/mol. The highest BCUT2D eigenvalue weighted by Crippen LogP contribution is 2.30. The summed E-state index contributed by atoms with van der Waals surface area (Å²) in [6.07, 6.45) is 4.64. The molecule has 0 atom stereocenters. The molecule has 0 unspecified atom stereocenters. The van der Waals surface area contributed by atoms with Crippen LogP contribution in [0.4, 0.5) is 0 Å². The highest BCUT2D eigenvalue weighted by atomic mass is 35.5. The van der Waals surface area contributed by atoms with Crippen molar-refractivity contribution < 1.29 is 4.79 Å². The Morgan fingerprint density at radius 1 is 1.07 bits per heavy atom. The Kier molecular flexibility index (Phi) is 5.90. The van der Waals surface area contributed by atoms with Gasteiger partial charge in [0.1, 0.15) is 0 Å². The Hall–Kier alpha value is -2.30. The number of nitrogens with one attached hydrogen (secondary N) is 1. The molecule has 1 aliphatic carbocycles. The first-order valence-corrected chi connectivity index (χ1v) is 11.0. The van der Waals surface area contributed by atoms with Gasteiger partial charge in [0.05, 0.1) is 15.7 Å². The van der Waals surface area contributed by atoms with Gasteiger partial charge in [0.2, 0.25) is 0 Å². The van der Waals surface area contributed by atoms with E-state index in [9.17, 15) is 4.79 Å². The van der Waals surface area contributed by atoms with Crippen molar-refractivity contribution in [1.82, 2.24) is 15.1 Å². The van der Waals surface area contributed by atoms with Gasteiger partial charge in [-0.15, -0.1) is 0 Å². The number of benzene rings is 2. The van der Waals surface area contributed by atoms with Crippen LogP contribution < -0.4 is 5.32 Å². The van der Waals surface area contributed by atoms with Gasteiger partial charge < -0.3 is 5.32 Å². The summed E-state index contributed by atoms with van der Waals surface area (Å²) < 4.78 is 1.86. The lowest BCUT2D eigenvalue weighted by atomic mass is 9.93. The Labute approximate surface area is 187 Å². The minimum Gasteiger partial charge on any atom is -0.345 e. The topological polar surface area (TPSA) is 46.9 Å². The molecule has 2 aromatic carbocycles. The number of carbonyl (C=O) groups is 1. The maximum Gasteiger partial charge on any atom is 0.272 e. The van der Waals surface area contributed by atoms with Gasteiger partial charge in [-0.25, -0.2) is 4.68 Å². The van der Waals surface area contributed by atoms with E-state index in [-0.39, 0.29) is 5.91 Å². The van der Waals surface area contributed by atoms with Crippen LogP contribution in [0.1, 0.15) is 54.0 Å². The van der Waals surface area contributed by atoms with Crippen molar-refractivity contribution in [2.75, 3.05) is 0 Å². The highest BCUT2D eigenvalue weighted by molar-refractivity contribution is 6.42. The zero-order chi connectivity index (χ0) is 21.3. The van der Waals surface area contributed by atoms with Crippen molar-refractivity contribution in [3.05, 3.63) is 81.1 Å². The Bertz CT molecular complexity index is 1070. The van der Waals surface area contributed by atoms with Crippen LogP contribution in [0.15, 0.2) is 48.5 Å². The van der Waals surface area contributed by atoms with Crippen molar-refractivity contribution in [3.8, 4) is 5.69 Å². The largest absolute Gasteiger partial charge is 0.345 e. The normalized spacial score (nSPS) is 13.7. The third-order valence-corrected chi connectivity index (χ3v) is 6.22. The van der Waals surface area contributed by atoms with Gasteiger partial charge in [-0.3, -0.25) is 4.79 Å². The molecule has 30 heavy (non-hydrogen) atoms. The van der Waals surface area contributed by atoms with E-state index in [0.717, 1.165) is 49.0 Å². The lowest BCUT2D eigenvalue weighted by molar-refractivity contribution is 0.0906. The molecule has 0 radical (unpaired) electrons. The van der Waals surface area contributed by atoms with Crippen LogP contribution in [0.2, 0.25) is 10.0 Å². The van der Waals surface area contributed by atoms with Crippen molar-refractivity contribution in [3.63, 3.8) is 0 Å². The molecular formula is C24H25Cl2N3O. The molecule has 156 valence electrons. The molecule has 4 rings (SSSR count). The smallest absolute Gasteiger partial charge is 0.272 e. The van der Waals surface area contributed by atoms with Crippen LogP contribution in [0, 0.1) is 0 Å². The molecule has 1 heterocycles. The molecule has 6 heteroatoms. The van der Waals surface area contributed by atoms with Crippen molar-refractivity contribution in [2.24, 2.45) is 0 Å². The van der Waals surface area contributed by atoms with Crippen LogP contribution in [0.5, 0.6) is 0 Å². The minimum atomic E-state index is -0.395. The van der Waals surface area contributed by atoms with Crippen molar-refractivity contribution >= 4 is 29.1 Å². The van der Waals surface area contributed by atoms with E-state index in [1.54, 1.807) is 12.1 Å². The summed E-state index contributed by atoms with van der Waals surface area (Å²) in [7, 11) is 0. The van der Waals surface area contributed by atoms with Gasteiger partial charge in [-0.05, 0) is 69.7 Å². The van der Waals surface area contributed by atoms with Crippen molar-refractivity contribution in [2.45, 2.75) is 51.5 Å². The molecule has 1 amide bonds. The number of carbonyl (C=O) groups excluding carboxylic acids is 1. The van der Waals surface area contributed by atoms with E-state index >= 15 is 0 Å². The second-order valence-electron chi connectivity index (χ2n) is 8.49. The molecule has 0 saturated heterocycles. The average Bonchev–Trinajstić information content (AvgIpc) is 3.10. The summed E-state index contributed by atoms with van der Waals surface area (Å²) in [6, 6.07) is 15.6. The molecule has 3 aromatic rings. The second kappa shape index (κ2) is 8.44. The molecule has 0 spiro atoms. The number of fused-ring (bicyclic) bond motifs is 1. The number of aromatic nitrogens is 2. The molecule has 0 aliphatic heterocycles. The lowest BCUT2D eigenvalue weighted by Crippen LogP contribution is -2.45. The van der Waals surface area contributed by atoms with Gasteiger partial charge in [0, 0.05) is 16.8 Å². The summed E-state index contributed by atoms with van der Waals surface area (Å²) in [5, 5.41) is 8.90. The predicted octanol–water partition coefficient (Wildman–Crippen LogP) is 5.81. The second-order valence-corrected chi connectivity index (χ2v) is 9.31. The fourth-order valence-electron chi connectivity index (χ4n) is 4.13. The van der Waals surface area contributed by atoms with Crippen LogP contribution in [0.3, 0.4) is 0 Å². The average molecular weight is 442 g/mol. The summed E-state index contributed by atoms with van der Waals surface area (Å²) in [6.45, 7) is 4.08. The fourth-order valence-corrected chi connectivity index (χ4v) is 4.42. The monoisotopic (exact) mass is 441 g/mol. The first-order chi connectivity index (χ1) is 14.3. The standard InChI is InChI=1S/C24H25Cl2N3O/c1-24(2,15-16-8-4-3-5-9-16)27-23(30)22-18-10-6-7-11-21(18)29(28-22)17-12-13-19(25)20(26)14-17/h3-5,8-9,12-14H,6-7,10-11,15H2,1-2H3,(H,27,30). The number of hydrogen-bond acceptors (Lipinski definition) is 2. The van der Waals surface area contributed by atoms with E-state index in [2.05, 4.69) is 17.4 Å². The van der Waals surface area contributed by atoms with Gasteiger partial charge in [0.25, 0.3) is 5.91 Å². The number of rotatable bonds is 5. The molecule has 0 bridgehead atoms. The van der Waals surface area contributed by atoms with Gasteiger partial charge in [0.15, 0.2) is 5.69 Å². The quantitative estimate of drug-likeness (QED) is 0.542. The van der Waals surface area contributed by atoms with Crippen LogP contribution >= 0.6 is 23.2 Å². The summed E-state index contributed by atoms with van der Waals surface area (Å²) in [5.41, 5.74) is 4.26. The number of halogens is 2. The lowest BCUT2D eigenvalue weighted by Gasteiger charge is -2.26. The van der Waals surface area contributed by atoms with E-state index < -0.39 is 5.54 Å². The van der Waals surface area contributed by atoms with Gasteiger partial charge >= 0.3 is 0 Å². The van der Waals surface area contributed by atoms with E-state index in [0.29, 0.717) is 15.7 Å². The zero-order valence-electron chi connectivity index (χ0n) is 17.2. The van der Waals surface area contributed by atoms with Crippen molar-refractivity contribution in [1.29, 1.82) is 0 Å². The summed E-state index contributed by atoms with van der Waals surface area (Å²) in [5.74, 6) is -0.132. The number of nitrogens with zero attached hydrogens (tertiary/aromatic N) is 2. The summed E-state index contributed by atoms with van der Waals surface area (Å²) >= 11 is 12.3. The minimum absolute atomic E-state index is 0.132. The first-order valence-electron chi connectivity index (χ1n) is 10.3. The Morgan fingerprint density at radius 2 is 1.80 bits per heavy atom. The molecular weight excluding hydrogens is 417 g/mol. The molecule has 0 saturated carbocycles. The van der Waals surface area contributed by atoms with Crippen LogP contribution in [-0.2, 0) is 19.3 Å². The Balaban J connectivity index is 1.64. The van der Waals surface area contributed by atoms with E-state index in [1.807, 2.05) is 42.8 Å². The van der Waals surface area contributed by atoms with E-state index in [1.165, 1.54) is 5.56 Å². The highest BCUT2D eigenvalue weighted by Gasteiger charge is 2.29. The number of hydrogen-bond donors (Lipinski definition) is 1. The molecule has 1 aromatic heterocycles. The summed E-state index contributed by atoms with van der Waals surface area (Å²) in [4.78, 5) is 13.3. The van der Waals surface area contributed by atoms with Crippen LogP contribution in [0.25, 0.3) is 5.69 Å². The van der Waals surface area contributed by atoms with Crippen LogP contribution in [-0.4, -0.2) is 21.2 Å². The molecule has 1 N–H and O–H groups in total. The van der Waals surface area contributed by atoms with Gasteiger partial charge in [-0.2, -0.15) is 5.10 Å².